The molecule has 1 fully saturated rings. The number of halogens is 2. The Morgan fingerprint density at radius 1 is 1.25 bits per heavy atom. The summed E-state index contributed by atoms with van der Waals surface area (Å²) in [6.45, 7) is 1.76. The summed E-state index contributed by atoms with van der Waals surface area (Å²) in [5.41, 5.74) is 0.445. The second kappa shape index (κ2) is 5.81. The molecule has 1 heterocycles. The predicted octanol–water partition coefficient (Wildman–Crippen LogP) is 1.91. The fourth-order valence-corrected chi connectivity index (χ4v) is 2.41. The first-order chi connectivity index (χ1) is 9.45. The number of hydrogen-bond acceptors (Lipinski definition) is 4. The van der Waals surface area contributed by atoms with Gasteiger partial charge in [-0.25, -0.2) is 0 Å². The maximum absolute atomic E-state index is 11.9. The number of ether oxygens (including phenoxy) is 1. The van der Waals surface area contributed by atoms with Crippen molar-refractivity contribution in [3.05, 3.63) is 33.8 Å². The molecular weight excluding hydrogens is 305 g/mol. The molecule has 1 aliphatic rings. The molecule has 0 aliphatic carbocycles. The summed E-state index contributed by atoms with van der Waals surface area (Å²) in [4.78, 5) is 35.5. The molecule has 5 nitrogen and oxygen atoms in total. The van der Waals surface area contributed by atoms with Crippen molar-refractivity contribution in [2.45, 2.75) is 12.8 Å². The summed E-state index contributed by atoms with van der Waals surface area (Å²) < 4.78 is 4.84. The molecule has 0 saturated carbocycles. The molecule has 2 atom stereocenters. The van der Waals surface area contributed by atoms with Crippen LogP contribution in [0, 0.1) is 5.92 Å². The van der Waals surface area contributed by atoms with Gasteiger partial charge in [-0.05, 0) is 24.6 Å². The Kier molecular flexibility index (Phi) is 4.30. The van der Waals surface area contributed by atoms with Gasteiger partial charge in [0.1, 0.15) is 0 Å². The molecule has 106 valence electrons. The molecule has 0 radical (unpaired) electrons. The highest BCUT2D eigenvalue weighted by Crippen LogP contribution is 2.34. The number of carbonyl (C=O) groups is 3. The summed E-state index contributed by atoms with van der Waals surface area (Å²) in [6.07, 6.45) is 0. The number of carbonyl (C=O) groups excluding carboxylic acids is 3. The van der Waals surface area contributed by atoms with Gasteiger partial charge in [0.2, 0.25) is 11.8 Å². The fourth-order valence-electron chi connectivity index (χ4n) is 2.10. The summed E-state index contributed by atoms with van der Waals surface area (Å²) >= 11 is 11.7. The normalized spacial score (nSPS) is 21.8. The van der Waals surface area contributed by atoms with Crippen LogP contribution in [0.4, 0.5) is 0 Å². The molecule has 1 N–H and O–H groups in total. The summed E-state index contributed by atoms with van der Waals surface area (Å²) in [6, 6.07) is 4.54. The predicted molar refractivity (Wildman–Crippen MR) is 72.5 cm³/mol. The van der Waals surface area contributed by atoms with Crippen molar-refractivity contribution < 1.29 is 19.1 Å². The highest BCUT2D eigenvalue weighted by molar-refractivity contribution is 6.42. The lowest BCUT2D eigenvalue weighted by Crippen LogP contribution is -2.29. The van der Waals surface area contributed by atoms with E-state index in [1.807, 2.05) is 0 Å². The lowest BCUT2D eigenvalue weighted by molar-refractivity contribution is -0.151. The number of esters is 1. The highest BCUT2D eigenvalue weighted by atomic mass is 35.5. The van der Waals surface area contributed by atoms with E-state index in [1.165, 1.54) is 12.1 Å². The first kappa shape index (κ1) is 14.8. The third-order valence-electron chi connectivity index (χ3n) is 2.99. The number of imide groups is 1. The Balaban J connectivity index is 2.40. The van der Waals surface area contributed by atoms with E-state index in [1.54, 1.807) is 13.0 Å². The van der Waals surface area contributed by atoms with Crippen LogP contribution in [-0.4, -0.2) is 24.4 Å². The Morgan fingerprint density at radius 3 is 2.55 bits per heavy atom. The van der Waals surface area contributed by atoms with Crippen molar-refractivity contribution in [1.29, 1.82) is 0 Å². The molecule has 1 unspecified atom stereocenters. The average molecular weight is 316 g/mol. The van der Waals surface area contributed by atoms with Gasteiger partial charge < -0.3 is 4.74 Å². The average Bonchev–Trinajstić information content (AvgIpc) is 2.68. The minimum Gasteiger partial charge on any atom is -0.465 e. The Labute approximate surface area is 125 Å². The van der Waals surface area contributed by atoms with Gasteiger partial charge in [0, 0.05) is 0 Å². The third-order valence-corrected chi connectivity index (χ3v) is 3.73. The van der Waals surface area contributed by atoms with Crippen molar-refractivity contribution in [3.8, 4) is 0 Å². The molecule has 1 aromatic carbocycles. The van der Waals surface area contributed by atoms with Gasteiger partial charge in [0.05, 0.1) is 22.6 Å². The smallest absolute Gasteiger partial charge is 0.319 e. The zero-order valence-electron chi connectivity index (χ0n) is 10.5. The van der Waals surface area contributed by atoms with E-state index in [4.69, 9.17) is 27.9 Å². The number of nitrogens with one attached hydrogen (secondary N) is 1. The molecule has 1 saturated heterocycles. The first-order valence-electron chi connectivity index (χ1n) is 5.92. The fraction of sp³-hybridized carbons (Fsp3) is 0.308. The van der Waals surface area contributed by atoms with Crippen LogP contribution in [0.15, 0.2) is 18.2 Å². The van der Waals surface area contributed by atoms with Gasteiger partial charge in [0.25, 0.3) is 0 Å². The van der Waals surface area contributed by atoms with Gasteiger partial charge in [-0.3, -0.25) is 19.7 Å². The number of benzene rings is 1. The van der Waals surface area contributed by atoms with Gasteiger partial charge >= 0.3 is 5.97 Å². The van der Waals surface area contributed by atoms with Crippen molar-refractivity contribution in [3.63, 3.8) is 0 Å². The quantitative estimate of drug-likeness (QED) is 0.525. The Hall–Kier alpha value is -1.59. The molecule has 0 aromatic heterocycles. The van der Waals surface area contributed by atoms with Crippen LogP contribution >= 0.6 is 23.2 Å². The first-order valence-corrected chi connectivity index (χ1v) is 6.67. The van der Waals surface area contributed by atoms with Crippen molar-refractivity contribution in [2.24, 2.45) is 5.92 Å². The zero-order chi connectivity index (χ0) is 14.9. The van der Waals surface area contributed by atoms with Gasteiger partial charge in [-0.2, -0.15) is 0 Å². The molecule has 2 rings (SSSR count). The molecule has 1 aliphatic heterocycles. The topological polar surface area (TPSA) is 72.5 Å². The number of amides is 2. The van der Waals surface area contributed by atoms with Crippen molar-refractivity contribution in [2.75, 3.05) is 6.61 Å². The van der Waals surface area contributed by atoms with Crippen LogP contribution < -0.4 is 5.32 Å². The van der Waals surface area contributed by atoms with Gasteiger partial charge in [-0.1, -0.05) is 29.3 Å². The van der Waals surface area contributed by atoms with Gasteiger partial charge in [0.15, 0.2) is 5.92 Å². The standard InChI is InChI=1S/C13H11Cl2NO4/c1-2-20-13(19)10-9(11(17)16-12(10)18)6-3-4-7(14)8(15)5-6/h3-5,9-10H,2H2,1H3,(H,16,17,18)/t9-,10?/m0/s1. The van der Waals surface area contributed by atoms with Crippen LogP contribution in [0.1, 0.15) is 18.4 Å². The Bertz CT molecular complexity index is 588. The lowest BCUT2D eigenvalue weighted by atomic mass is 9.88. The number of rotatable bonds is 3. The summed E-state index contributed by atoms with van der Waals surface area (Å²) in [7, 11) is 0. The van der Waals surface area contributed by atoms with E-state index < -0.39 is 29.6 Å². The molecule has 7 heteroatoms. The molecule has 20 heavy (non-hydrogen) atoms. The molecule has 1 aromatic rings. The molecule has 0 spiro atoms. The lowest BCUT2D eigenvalue weighted by Gasteiger charge is -2.15. The zero-order valence-corrected chi connectivity index (χ0v) is 12.0. The SMILES string of the molecule is CCOC(=O)C1C(=O)NC(=O)[C@H]1c1ccc(Cl)c(Cl)c1. The maximum atomic E-state index is 11.9. The monoisotopic (exact) mass is 315 g/mol. The minimum atomic E-state index is -1.19. The number of hydrogen-bond donors (Lipinski definition) is 1. The largest absolute Gasteiger partial charge is 0.465 e. The minimum absolute atomic E-state index is 0.130. The molecule has 0 bridgehead atoms. The van der Waals surface area contributed by atoms with E-state index in [9.17, 15) is 14.4 Å². The van der Waals surface area contributed by atoms with Crippen LogP contribution in [0.2, 0.25) is 10.0 Å². The Morgan fingerprint density at radius 2 is 1.95 bits per heavy atom. The molecule has 2 amide bonds. The van der Waals surface area contributed by atoms with E-state index in [0.717, 1.165) is 0 Å². The van der Waals surface area contributed by atoms with Crippen LogP contribution in [0.25, 0.3) is 0 Å². The van der Waals surface area contributed by atoms with Crippen molar-refractivity contribution >= 4 is 41.0 Å². The molecular formula is C13H11Cl2NO4. The van der Waals surface area contributed by atoms with Crippen molar-refractivity contribution in [1.82, 2.24) is 5.32 Å². The van der Waals surface area contributed by atoms with Crippen LogP contribution in [0.3, 0.4) is 0 Å². The second-order valence-electron chi connectivity index (χ2n) is 4.23. The summed E-state index contributed by atoms with van der Waals surface area (Å²) in [5.74, 6) is -4.08. The van der Waals surface area contributed by atoms with Crippen LogP contribution in [-0.2, 0) is 19.1 Å². The maximum Gasteiger partial charge on any atom is 0.319 e. The van der Waals surface area contributed by atoms with E-state index in [-0.39, 0.29) is 11.6 Å². The third kappa shape index (κ3) is 2.64. The van der Waals surface area contributed by atoms with E-state index in [2.05, 4.69) is 5.32 Å². The van der Waals surface area contributed by atoms with E-state index >= 15 is 0 Å². The van der Waals surface area contributed by atoms with Crippen LogP contribution in [0.5, 0.6) is 0 Å². The highest BCUT2D eigenvalue weighted by Gasteiger charge is 2.48. The van der Waals surface area contributed by atoms with Gasteiger partial charge in [-0.15, -0.1) is 0 Å². The van der Waals surface area contributed by atoms with E-state index in [0.29, 0.717) is 10.6 Å². The second-order valence-corrected chi connectivity index (χ2v) is 5.05. The summed E-state index contributed by atoms with van der Waals surface area (Å²) in [5, 5.41) is 2.71.